The van der Waals surface area contributed by atoms with Gasteiger partial charge in [-0.15, -0.1) is 0 Å². The number of anilines is 2. The van der Waals surface area contributed by atoms with Crippen molar-refractivity contribution >= 4 is 34.2 Å². The van der Waals surface area contributed by atoms with Gasteiger partial charge >= 0.3 is 0 Å². The fraction of sp³-hybridized carbons (Fsp3) is 0.0385. The Morgan fingerprint density at radius 2 is 1.59 bits per heavy atom. The molecule has 2 amide bonds. The number of carbonyl (C=O) groups excluding carboxylic acids is 2. The van der Waals surface area contributed by atoms with E-state index in [0.717, 1.165) is 5.56 Å². The number of furan rings is 1. The number of ether oxygens (including phenoxy) is 1. The Morgan fingerprint density at radius 3 is 2.35 bits per heavy atom. The van der Waals surface area contributed by atoms with Crippen LogP contribution in [-0.2, 0) is 0 Å². The minimum absolute atomic E-state index is 0.0304. The molecular formula is C26H19N3O5. The topological polar surface area (TPSA) is 107 Å². The molecule has 0 fully saturated rings. The van der Waals surface area contributed by atoms with Crippen molar-refractivity contribution in [2.45, 2.75) is 0 Å². The van der Waals surface area contributed by atoms with Crippen LogP contribution in [0.2, 0.25) is 0 Å². The van der Waals surface area contributed by atoms with Crippen molar-refractivity contribution in [3.63, 3.8) is 0 Å². The molecule has 0 atom stereocenters. The normalized spacial score (nSPS) is 10.7. The first-order chi connectivity index (χ1) is 16.6. The molecular weight excluding hydrogens is 434 g/mol. The molecule has 0 aliphatic rings. The highest BCUT2D eigenvalue weighted by Gasteiger charge is 2.24. The van der Waals surface area contributed by atoms with Gasteiger partial charge in [-0.1, -0.05) is 47.6 Å². The Balaban J connectivity index is 1.43. The van der Waals surface area contributed by atoms with Gasteiger partial charge in [0.1, 0.15) is 17.0 Å². The zero-order chi connectivity index (χ0) is 23.5. The lowest BCUT2D eigenvalue weighted by Gasteiger charge is -2.07. The van der Waals surface area contributed by atoms with Crippen LogP contribution in [0.25, 0.3) is 22.3 Å². The Hall–Kier alpha value is -4.85. The van der Waals surface area contributed by atoms with Crippen molar-refractivity contribution in [3.05, 3.63) is 96.4 Å². The van der Waals surface area contributed by atoms with E-state index >= 15 is 0 Å². The molecule has 2 heterocycles. The number of carbonyl (C=O) groups is 2. The fourth-order valence-corrected chi connectivity index (χ4v) is 3.49. The number of nitrogens with one attached hydrogen (secondary N) is 2. The van der Waals surface area contributed by atoms with Crippen LogP contribution in [0.15, 0.2) is 93.9 Å². The predicted molar refractivity (Wildman–Crippen MR) is 127 cm³/mol. The average molecular weight is 453 g/mol. The third-order valence-electron chi connectivity index (χ3n) is 5.19. The van der Waals surface area contributed by atoms with Crippen LogP contribution in [0.1, 0.15) is 21.0 Å². The largest absolute Gasteiger partial charge is 0.497 e. The molecule has 0 saturated heterocycles. The first-order valence-electron chi connectivity index (χ1n) is 10.4. The SMILES string of the molecule is COc1ccc(NC(=O)c2oc3ccccc3c2NC(=O)c2cc(-c3ccccc3)on2)cc1. The lowest BCUT2D eigenvalue weighted by atomic mass is 10.1. The Kier molecular flexibility index (Phi) is 5.53. The maximum absolute atomic E-state index is 13.0. The van der Waals surface area contributed by atoms with Gasteiger partial charge in [-0.25, -0.2) is 0 Å². The molecule has 0 radical (unpaired) electrons. The molecule has 0 spiro atoms. The molecule has 2 aromatic heterocycles. The standard InChI is InChI=1S/C26H19N3O5/c1-32-18-13-11-17(12-14-18)27-26(31)24-23(19-9-5-6-10-21(19)33-24)28-25(30)20-15-22(34-29-20)16-7-3-2-4-8-16/h2-15H,1H3,(H,27,31)(H,28,30). The third kappa shape index (κ3) is 4.12. The van der Waals surface area contributed by atoms with E-state index in [1.54, 1.807) is 61.7 Å². The molecule has 0 aliphatic heterocycles. The molecule has 5 rings (SSSR count). The molecule has 0 bridgehead atoms. The first kappa shape index (κ1) is 21.0. The Labute approximate surface area is 194 Å². The predicted octanol–water partition coefficient (Wildman–Crippen LogP) is 5.60. The zero-order valence-electron chi connectivity index (χ0n) is 18.1. The van der Waals surface area contributed by atoms with Crippen molar-refractivity contribution in [2.24, 2.45) is 0 Å². The van der Waals surface area contributed by atoms with Crippen LogP contribution in [0, 0.1) is 0 Å². The maximum Gasteiger partial charge on any atom is 0.293 e. The number of hydrogen-bond donors (Lipinski definition) is 2. The van der Waals surface area contributed by atoms with E-state index in [1.807, 2.05) is 30.3 Å². The van der Waals surface area contributed by atoms with E-state index < -0.39 is 11.8 Å². The molecule has 0 unspecified atom stereocenters. The first-order valence-corrected chi connectivity index (χ1v) is 10.4. The number of hydrogen-bond acceptors (Lipinski definition) is 6. The highest BCUT2D eigenvalue weighted by molar-refractivity contribution is 6.16. The smallest absolute Gasteiger partial charge is 0.293 e. The lowest BCUT2D eigenvalue weighted by Crippen LogP contribution is -2.17. The number of para-hydroxylation sites is 1. The molecule has 2 N–H and O–H groups in total. The fourth-order valence-electron chi connectivity index (χ4n) is 3.49. The number of aromatic nitrogens is 1. The van der Waals surface area contributed by atoms with Gasteiger partial charge in [-0.3, -0.25) is 9.59 Å². The van der Waals surface area contributed by atoms with Gasteiger partial charge in [-0.05, 0) is 36.4 Å². The maximum atomic E-state index is 13.0. The second-order valence-corrected chi connectivity index (χ2v) is 7.38. The summed E-state index contributed by atoms with van der Waals surface area (Å²) in [5.41, 5.74) is 2.12. The number of amides is 2. The number of methoxy groups -OCH3 is 1. The van der Waals surface area contributed by atoms with Gasteiger partial charge in [0.05, 0.1) is 7.11 Å². The van der Waals surface area contributed by atoms with Gasteiger partial charge < -0.3 is 24.3 Å². The summed E-state index contributed by atoms with van der Waals surface area (Å²) in [7, 11) is 1.56. The van der Waals surface area contributed by atoms with Crippen LogP contribution in [0.3, 0.4) is 0 Å². The Morgan fingerprint density at radius 1 is 0.853 bits per heavy atom. The van der Waals surface area contributed by atoms with Crippen LogP contribution in [0.4, 0.5) is 11.4 Å². The van der Waals surface area contributed by atoms with E-state index in [9.17, 15) is 9.59 Å². The van der Waals surface area contributed by atoms with E-state index in [2.05, 4.69) is 15.8 Å². The van der Waals surface area contributed by atoms with Crippen molar-refractivity contribution in [3.8, 4) is 17.1 Å². The van der Waals surface area contributed by atoms with Crippen molar-refractivity contribution in [1.82, 2.24) is 5.16 Å². The van der Waals surface area contributed by atoms with Crippen LogP contribution in [0.5, 0.6) is 5.75 Å². The Bertz CT molecular complexity index is 1470. The molecule has 34 heavy (non-hydrogen) atoms. The molecule has 8 heteroatoms. The zero-order valence-corrected chi connectivity index (χ0v) is 18.1. The summed E-state index contributed by atoms with van der Waals surface area (Å²) in [6, 6.07) is 24.8. The highest BCUT2D eigenvalue weighted by Crippen LogP contribution is 2.32. The summed E-state index contributed by atoms with van der Waals surface area (Å²) < 4.78 is 16.3. The summed E-state index contributed by atoms with van der Waals surface area (Å²) in [4.78, 5) is 26.0. The van der Waals surface area contributed by atoms with Gasteiger partial charge in [0.25, 0.3) is 11.8 Å². The van der Waals surface area contributed by atoms with Gasteiger partial charge in [0.2, 0.25) is 5.76 Å². The summed E-state index contributed by atoms with van der Waals surface area (Å²) in [5.74, 6) is 0.0485. The summed E-state index contributed by atoms with van der Waals surface area (Å²) in [6.07, 6.45) is 0. The minimum atomic E-state index is -0.531. The van der Waals surface area contributed by atoms with Crippen molar-refractivity contribution in [2.75, 3.05) is 17.7 Å². The molecule has 8 nitrogen and oxygen atoms in total. The molecule has 0 aliphatic carbocycles. The number of nitrogens with zero attached hydrogens (tertiary/aromatic N) is 1. The van der Waals surface area contributed by atoms with E-state index in [0.29, 0.717) is 28.2 Å². The summed E-state index contributed by atoms with van der Waals surface area (Å²) >= 11 is 0. The van der Waals surface area contributed by atoms with Crippen molar-refractivity contribution < 1.29 is 23.3 Å². The third-order valence-corrected chi connectivity index (χ3v) is 5.19. The lowest BCUT2D eigenvalue weighted by molar-refractivity contribution is 0.0999. The number of rotatable bonds is 6. The quantitative estimate of drug-likeness (QED) is 0.347. The van der Waals surface area contributed by atoms with E-state index in [1.165, 1.54) is 0 Å². The molecule has 168 valence electrons. The summed E-state index contributed by atoms with van der Waals surface area (Å²) in [5, 5.41) is 10.0. The van der Waals surface area contributed by atoms with E-state index in [-0.39, 0.29) is 17.1 Å². The molecule has 3 aromatic carbocycles. The van der Waals surface area contributed by atoms with Crippen molar-refractivity contribution in [1.29, 1.82) is 0 Å². The molecule has 0 saturated carbocycles. The summed E-state index contributed by atoms with van der Waals surface area (Å²) in [6.45, 7) is 0. The monoisotopic (exact) mass is 453 g/mol. The van der Waals surface area contributed by atoms with Gasteiger partial charge in [0.15, 0.2) is 11.5 Å². The van der Waals surface area contributed by atoms with Crippen LogP contribution < -0.4 is 15.4 Å². The minimum Gasteiger partial charge on any atom is -0.497 e. The number of benzene rings is 3. The van der Waals surface area contributed by atoms with Crippen LogP contribution in [-0.4, -0.2) is 24.1 Å². The van der Waals surface area contributed by atoms with E-state index in [4.69, 9.17) is 13.7 Å². The number of fused-ring (bicyclic) bond motifs is 1. The second-order valence-electron chi connectivity index (χ2n) is 7.38. The van der Waals surface area contributed by atoms with Gasteiger partial charge in [-0.2, -0.15) is 0 Å². The molecule has 5 aromatic rings. The highest BCUT2D eigenvalue weighted by atomic mass is 16.5. The van der Waals surface area contributed by atoms with Crippen LogP contribution >= 0.6 is 0 Å². The second kappa shape index (κ2) is 8.95. The average Bonchev–Trinajstić information content (AvgIpc) is 3.51. The van der Waals surface area contributed by atoms with Gasteiger partial charge in [0, 0.05) is 22.7 Å².